The fourth-order valence-electron chi connectivity index (χ4n) is 2.08. The predicted octanol–water partition coefficient (Wildman–Crippen LogP) is 1.69. The van der Waals surface area contributed by atoms with Crippen molar-refractivity contribution in [2.45, 2.75) is 26.4 Å². The Kier molecular flexibility index (Phi) is 3.70. The van der Waals surface area contributed by atoms with Crippen molar-refractivity contribution in [3.63, 3.8) is 0 Å². The summed E-state index contributed by atoms with van der Waals surface area (Å²) in [7, 11) is 0. The number of hydrogen-bond acceptors (Lipinski definition) is 3. The zero-order valence-corrected chi connectivity index (χ0v) is 9.82. The summed E-state index contributed by atoms with van der Waals surface area (Å²) >= 11 is 0. The van der Waals surface area contributed by atoms with Crippen LogP contribution in [0.5, 0.6) is 0 Å². The Morgan fingerprint density at radius 3 is 2.94 bits per heavy atom. The van der Waals surface area contributed by atoms with Crippen molar-refractivity contribution in [2.24, 2.45) is 5.73 Å². The summed E-state index contributed by atoms with van der Waals surface area (Å²) < 4.78 is 0. The molecule has 2 rings (SSSR count). The number of nitrogens with two attached hydrogens (primary N) is 1. The summed E-state index contributed by atoms with van der Waals surface area (Å²) in [4.78, 5) is 6.95. The van der Waals surface area contributed by atoms with Gasteiger partial charge in [-0.1, -0.05) is 17.7 Å². The third-order valence-electron chi connectivity index (χ3n) is 2.87. The van der Waals surface area contributed by atoms with E-state index >= 15 is 0 Å². The Morgan fingerprint density at radius 1 is 1.38 bits per heavy atom. The summed E-state index contributed by atoms with van der Waals surface area (Å²) in [6.45, 7) is 5.84. The zero-order valence-electron chi connectivity index (χ0n) is 9.82. The van der Waals surface area contributed by atoms with Gasteiger partial charge >= 0.3 is 0 Å². The molecule has 0 aliphatic carbocycles. The molecule has 1 aliphatic rings. The van der Waals surface area contributed by atoms with Crippen molar-refractivity contribution in [1.82, 2.24) is 9.88 Å². The van der Waals surface area contributed by atoms with Crippen molar-refractivity contribution < 1.29 is 0 Å². The lowest BCUT2D eigenvalue weighted by Gasteiger charge is -2.25. The maximum Gasteiger partial charge on any atom is 0.0547 e. The van der Waals surface area contributed by atoms with Crippen molar-refractivity contribution in [1.29, 1.82) is 0 Å². The van der Waals surface area contributed by atoms with E-state index in [9.17, 15) is 0 Å². The first-order valence-electron chi connectivity index (χ1n) is 5.81. The maximum absolute atomic E-state index is 5.59. The Morgan fingerprint density at radius 2 is 2.19 bits per heavy atom. The summed E-state index contributed by atoms with van der Waals surface area (Å²) in [6, 6.07) is 6.09. The lowest BCUT2D eigenvalue weighted by molar-refractivity contribution is 0.279. The second-order valence-corrected chi connectivity index (χ2v) is 4.37. The van der Waals surface area contributed by atoms with Crippen LogP contribution in [-0.2, 0) is 13.1 Å². The van der Waals surface area contributed by atoms with E-state index in [0.29, 0.717) is 6.54 Å². The van der Waals surface area contributed by atoms with Gasteiger partial charge in [0.1, 0.15) is 0 Å². The van der Waals surface area contributed by atoms with Gasteiger partial charge in [0.15, 0.2) is 0 Å². The zero-order chi connectivity index (χ0) is 11.4. The van der Waals surface area contributed by atoms with Gasteiger partial charge in [0.2, 0.25) is 0 Å². The van der Waals surface area contributed by atoms with E-state index in [2.05, 4.69) is 29.0 Å². The summed E-state index contributed by atoms with van der Waals surface area (Å²) in [6.07, 6.45) is 3.47. The first kappa shape index (κ1) is 11.3. The average molecular weight is 217 g/mol. The van der Waals surface area contributed by atoms with E-state index in [-0.39, 0.29) is 0 Å². The monoisotopic (exact) mass is 217 g/mol. The molecule has 0 unspecified atom stereocenters. The Hall–Kier alpha value is -1.19. The van der Waals surface area contributed by atoms with Crippen LogP contribution >= 0.6 is 0 Å². The molecule has 0 amide bonds. The maximum atomic E-state index is 5.59. The van der Waals surface area contributed by atoms with E-state index in [1.54, 1.807) is 0 Å². The molecule has 1 aromatic rings. The van der Waals surface area contributed by atoms with Gasteiger partial charge in [-0.15, -0.1) is 0 Å². The summed E-state index contributed by atoms with van der Waals surface area (Å²) in [5.41, 5.74) is 9.14. The topological polar surface area (TPSA) is 42.1 Å². The van der Waals surface area contributed by atoms with Crippen LogP contribution in [0.2, 0.25) is 0 Å². The standard InChI is InChI=1S/C13H19N3/c1-11-4-3-7-16(9-11)10-13-6-2-5-12(8-14)15-13/h2,4-6H,3,7-10,14H2,1H3. The van der Waals surface area contributed by atoms with Gasteiger partial charge in [0.05, 0.1) is 11.4 Å². The first-order valence-corrected chi connectivity index (χ1v) is 5.81. The van der Waals surface area contributed by atoms with Crippen molar-refractivity contribution in [3.05, 3.63) is 41.2 Å². The predicted molar refractivity (Wildman–Crippen MR) is 65.8 cm³/mol. The Balaban J connectivity index is 2.00. The van der Waals surface area contributed by atoms with Crippen LogP contribution in [0.3, 0.4) is 0 Å². The normalized spacial score (nSPS) is 17.2. The molecule has 1 aromatic heterocycles. The molecular weight excluding hydrogens is 198 g/mol. The molecule has 1 aliphatic heterocycles. The first-order chi connectivity index (χ1) is 7.78. The molecule has 0 spiro atoms. The van der Waals surface area contributed by atoms with Crippen LogP contribution in [0.4, 0.5) is 0 Å². The minimum Gasteiger partial charge on any atom is -0.325 e. The van der Waals surface area contributed by atoms with E-state index in [1.807, 2.05) is 12.1 Å². The molecule has 0 saturated carbocycles. The SMILES string of the molecule is CC1=CCCN(Cc2cccc(CN)n2)C1. The van der Waals surface area contributed by atoms with Crippen LogP contribution in [0.25, 0.3) is 0 Å². The average Bonchev–Trinajstić information content (AvgIpc) is 2.29. The smallest absolute Gasteiger partial charge is 0.0547 e. The van der Waals surface area contributed by atoms with E-state index in [4.69, 9.17) is 5.73 Å². The van der Waals surface area contributed by atoms with Gasteiger partial charge in [-0.05, 0) is 25.5 Å². The molecule has 0 radical (unpaired) electrons. The highest BCUT2D eigenvalue weighted by atomic mass is 15.1. The second kappa shape index (κ2) is 5.23. The summed E-state index contributed by atoms with van der Waals surface area (Å²) in [5, 5.41) is 0. The fourth-order valence-corrected chi connectivity index (χ4v) is 2.08. The number of hydrogen-bond donors (Lipinski definition) is 1. The van der Waals surface area contributed by atoms with E-state index < -0.39 is 0 Å². The van der Waals surface area contributed by atoms with E-state index in [0.717, 1.165) is 37.4 Å². The molecule has 16 heavy (non-hydrogen) atoms. The molecule has 86 valence electrons. The minimum atomic E-state index is 0.521. The van der Waals surface area contributed by atoms with Gasteiger partial charge in [0, 0.05) is 26.2 Å². The van der Waals surface area contributed by atoms with Crippen molar-refractivity contribution >= 4 is 0 Å². The highest BCUT2D eigenvalue weighted by molar-refractivity contribution is 5.12. The quantitative estimate of drug-likeness (QED) is 0.783. The lowest BCUT2D eigenvalue weighted by atomic mass is 10.1. The molecule has 3 nitrogen and oxygen atoms in total. The third kappa shape index (κ3) is 2.90. The largest absolute Gasteiger partial charge is 0.325 e. The fraction of sp³-hybridized carbons (Fsp3) is 0.462. The highest BCUT2D eigenvalue weighted by Crippen LogP contribution is 2.12. The van der Waals surface area contributed by atoms with Crippen LogP contribution in [0.15, 0.2) is 29.8 Å². The highest BCUT2D eigenvalue weighted by Gasteiger charge is 2.10. The summed E-state index contributed by atoms with van der Waals surface area (Å²) in [5.74, 6) is 0. The van der Waals surface area contributed by atoms with E-state index in [1.165, 1.54) is 5.57 Å². The number of aromatic nitrogens is 1. The Bertz CT molecular complexity index is 385. The molecular formula is C13H19N3. The van der Waals surface area contributed by atoms with Crippen LogP contribution in [-0.4, -0.2) is 23.0 Å². The van der Waals surface area contributed by atoms with Crippen LogP contribution < -0.4 is 5.73 Å². The van der Waals surface area contributed by atoms with Gasteiger partial charge in [0.25, 0.3) is 0 Å². The minimum absolute atomic E-state index is 0.521. The van der Waals surface area contributed by atoms with Gasteiger partial charge in [-0.3, -0.25) is 9.88 Å². The van der Waals surface area contributed by atoms with Crippen molar-refractivity contribution in [3.8, 4) is 0 Å². The molecule has 0 saturated heterocycles. The molecule has 2 N–H and O–H groups in total. The lowest BCUT2D eigenvalue weighted by Crippen LogP contribution is -2.29. The second-order valence-electron chi connectivity index (χ2n) is 4.37. The van der Waals surface area contributed by atoms with Crippen LogP contribution in [0, 0.1) is 0 Å². The molecule has 0 atom stereocenters. The molecule has 3 heteroatoms. The number of rotatable bonds is 3. The van der Waals surface area contributed by atoms with Gasteiger partial charge in [-0.25, -0.2) is 0 Å². The van der Waals surface area contributed by atoms with Gasteiger partial charge < -0.3 is 5.73 Å². The molecule has 2 heterocycles. The Labute approximate surface area is 97.0 Å². The number of pyridine rings is 1. The third-order valence-corrected chi connectivity index (χ3v) is 2.87. The van der Waals surface area contributed by atoms with Gasteiger partial charge in [-0.2, -0.15) is 0 Å². The molecule has 0 aromatic carbocycles. The number of nitrogens with zero attached hydrogens (tertiary/aromatic N) is 2. The van der Waals surface area contributed by atoms with Crippen molar-refractivity contribution in [2.75, 3.05) is 13.1 Å². The van der Waals surface area contributed by atoms with Crippen LogP contribution in [0.1, 0.15) is 24.7 Å². The molecule has 0 fully saturated rings. The molecule has 0 bridgehead atoms.